The van der Waals surface area contributed by atoms with Crippen molar-refractivity contribution in [1.29, 1.82) is 0 Å². The number of aliphatic hydroxyl groups excluding tert-OH is 1. The number of amides is 1. The number of rotatable bonds is 11. The van der Waals surface area contributed by atoms with Crippen LogP contribution in [0, 0.1) is 5.92 Å². The number of halogens is 2. The highest BCUT2D eigenvalue weighted by Crippen LogP contribution is 2.34. The number of hydrogen-bond donors (Lipinski definition) is 3. The van der Waals surface area contributed by atoms with Crippen molar-refractivity contribution in [3.05, 3.63) is 35.9 Å². The molecule has 0 aliphatic heterocycles. The molecule has 1 aromatic rings. The summed E-state index contributed by atoms with van der Waals surface area (Å²) in [6.45, 7) is 2.91. The van der Waals surface area contributed by atoms with Gasteiger partial charge in [0.1, 0.15) is 6.04 Å². The molecule has 0 aromatic heterocycles. The number of ether oxygens (including phenoxy) is 1. The standard InChI is InChI=1S/C22H32Cl2N2O4S/c1-2-31-22(29)17(12-14-8-4-3-5-9-14)26-21(28)15-13-16(23)20(18(24)19(15)27)30-11-7-6-10-25/h3-5,8-9,15-20,27H,2,6-7,10-13,25H2,1H3,(H,26,28)/t15?,16?,17-,18?,19?,20?/m0/s1. The molecular weight excluding hydrogens is 459 g/mol. The van der Waals surface area contributed by atoms with Gasteiger partial charge in [0.05, 0.1) is 28.9 Å². The van der Waals surface area contributed by atoms with E-state index in [2.05, 4.69) is 5.32 Å². The van der Waals surface area contributed by atoms with Crippen LogP contribution >= 0.6 is 35.0 Å². The molecule has 6 atom stereocenters. The Bertz CT molecular complexity index is 697. The first-order chi connectivity index (χ1) is 14.9. The number of alkyl halides is 2. The number of aliphatic hydroxyl groups is 1. The zero-order chi connectivity index (χ0) is 22.8. The lowest BCUT2D eigenvalue weighted by Crippen LogP contribution is -2.56. The average molecular weight is 491 g/mol. The molecule has 31 heavy (non-hydrogen) atoms. The minimum Gasteiger partial charge on any atom is -0.391 e. The Morgan fingerprint density at radius 1 is 1.29 bits per heavy atom. The van der Waals surface area contributed by atoms with Crippen LogP contribution in [-0.2, 0) is 20.7 Å². The summed E-state index contributed by atoms with van der Waals surface area (Å²) in [7, 11) is 0. The van der Waals surface area contributed by atoms with E-state index in [4.69, 9.17) is 33.7 Å². The first-order valence-corrected chi connectivity index (χ1v) is 12.5. The summed E-state index contributed by atoms with van der Waals surface area (Å²) in [6, 6.07) is 8.80. The lowest BCUT2D eigenvalue weighted by molar-refractivity contribution is -0.134. The normalized spacial score (nSPS) is 26.9. The summed E-state index contributed by atoms with van der Waals surface area (Å²) in [4.78, 5) is 25.6. The smallest absolute Gasteiger partial charge is 0.226 e. The molecule has 1 fully saturated rings. The molecule has 1 aromatic carbocycles. The maximum absolute atomic E-state index is 13.0. The first kappa shape index (κ1) is 26.4. The van der Waals surface area contributed by atoms with E-state index < -0.39 is 40.8 Å². The summed E-state index contributed by atoms with van der Waals surface area (Å²) in [5.74, 6) is -0.620. The molecule has 9 heteroatoms. The molecule has 5 unspecified atom stereocenters. The third-order valence-corrected chi connectivity index (χ3v) is 7.09. The number of nitrogens with one attached hydrogen (secondary N) is 1. The van der Waals surface area contributed by atoms with Crippen molar-refractivity contribution >= 4 is 46.0 Å². The van der Waals surface area contributed by atoms with Crippen LogP contribution in [0.5, 0.6) is 0 Å². The molecular formula is C22H32Cl2N2O4S. The second-order valence-electron chi connectivity index (χ2n) is 7.63. The molecule has 2 rings (SSSR count). The first-order valence-electron chi connectivity index (χ1n) is 10.7. The van der Waals surface area contributed by atoms with E-state index >= 15 is 0 Å². The SMILES string of the molecule is CCSC(=O)[C@H](Cc1ccccc1)NC(=O)C1CC(Cl)C(OCCCCN)C(Cl)C1O. The van der Waals surface area contributed by atoms with Crippen molar-refractivity contribution < 1.29 is 19.4 Å². The van der Waals surface area contributed by atoms with Gasteiger partial charge in [-0.2, -0.15) is 0 Å². The number of nitrogens with two attached hydrogens (primary N) is 1. The maximum Gasteiger partial charge on any atom is 0.226 e. The van der Waals surface area contributed by atoms with E-state index in [1.807, 2.05) is 37.3 Å². The van der Waals surface area contributed by atoms with Crippen LogP contribution in [0.25, 0.3) is 0 Å². The summed E-state index contributed by atoms with van der Waals surface area (Å²) in [5.41, 5.74) is 6.43. The highest BCUT2D eigenvalue weighted by atomic mass is 35.5. The number of carbonyl (C=O) groups is 2. The van der Waals surface area contributed by atoms with Gasteiger partial charge in [0.15, 0.2) is 0 Å². The van der Waals surface area contributed by atoms with Gasteiger partial charge >= 0.3 is 0 Å². The van der Waals surface area contributed by atoms with Crippen LogP contribution in [0.2, 0.25) is 0 Å². The Morgan fingerprint density at radius 2 is 2.00 bits per heavy atom. The maximum atomic E-state index is 13.0. The summed E-state index contributed by atoms with van der Waals surface area (Å²) in [6.07, 6.45) is 0.515. The molecule has 1 aliphatic carbocycles. The van der Waals surface area contributed by atoms with E-state index in [1.165, 1.54) is 11.8 Å². The average Bonchev–Trinajstić information content (AvgIpc) is 2.76. The van der Waals surface area contributed by atoms with Gasteiger partial charge in [0, 0.05) is 13.0 Å². The van der Waals surface area contributed by atoms with Gasteiger partial charge in [-0.3, -0.25) is 9.59 Å². The van der Waals surface area contributed by atoms with Crippen LogP contribution in [0.1, 0.15) is 31.7 Å². The minimum atomic E-state index is -1.12. The number of hydrogen-bond acceptors (Lipinski definition) is 6. The van der Waals surface area contributed by atoms with E-state index in [0.717, 1.165) is 18.4 Å². The van der Waals surface area contributed by atoms with Crippen molar-refractivity contribution in [2.45, 2.75) is 61.6 Å². The largest absolute Gasteiger partial charge is 0.391 e. The fraction of sp³-hybridized carbons (Fsp3) is 0.636. The van der Waals surface area contributed by atoms with Crippen molar-refractivity contribution in [2.75, 3.05) is 18.9 Å². The van der Waals surface area contributed by atoms with Gasteiger partial charge in [-0.15, -0.1) is 23.2 Å². The molecule has 0 saturated heterocycles. The van der Waals surface area contributed by atoms with Crippen molar-refractivity contribution in [2.24, 2.45) is 11.7 Å². The molecule has 0 heterocycles. The van der Waals surface area contributed by atoms with Crippen LogP contribution in [0.15, 0.2) is 30.3 Å². The summed E-state index contributed by atoms with van der Waals surface area (Å²) < 4.78 is 5.77. The third-order valence-electron chi connectivity index (χ3n) is 5.30. The summed E-state index contributed by atoms with van der Waals surface area (Å²) in [5, 5.41) is 12.1. The lowest BCUT2D eigenvalue weighted by Gasteiger charge is -2.39. The predicted molar refractivity (Wildman–Crippen MR) is 127 cm³/mol. The molecule has 1 amide bonds. The topological polar surface area (TPSA) is 102 Å². The monoisotopic (exact) mass is 490 g/mol. The third kappa shape index (κ3) is 7.91. The molecule has 0 radical (unpaired) electrons. The molecule has 1 saturated carbocycles. The zero-order valence-corrected chi connectivity index (χ0v) is 20.0. The Kier molecular flexibility index (Phi) is 11.6. The Hall–Kier alpha value is -0.830. The molecule has 0 bridgehead atoms. The van der Waals surface area contributed by atoms with Gasteiger partial charge < -0.3 is 20.9 Å². The van der Waals surface area contributed by atoms with Crippen LogP contribution in [-0.4, -0.2) is 64.0 Å². The molecule has 174 valence electrons. The number of unbranched alkanes of at least 4 members (excludes halogenated alkanes) is 1. The Balaban J connectivity index is 2.03. The second-order valence-corrected chi connectivity index (χ2v) is 9.96. The van der Waals surface area contributed by atoms with Gasteiger partial charge in [0.25, 0.3) is 0 Å². The van der Waals surface area contributed by atoms with Crippen molar-refractivity contribution in [1.82, 2.24) is 5.32 Å². The highest BCUT2D eigenvalue weighted by molar-refractivity contribution is 8.13. The van der Waals surface area contributed by atoms with Gasteiger partial charge in [-0.05, 0) is 37.1 Å². The van der Waals surface area contributed by atoms with Crippen molar-refractivity contribution in [3.8, 4) is 0 Å². The van der Waals surface area contributed by atoms with Gasteiger partial charge in [-0.1, -0.05) is 49.0 Å². The van der Waals surface area contributed by atoms with Gasteiger partial charge in [-0.25, -0.2) is 0 Å². The molecule has 0 spiro atoms. The fourth-order valence-electron chi connectivity index (χ4n) is 3.62. The van der Waals surface area contributed by atoms with Gasteiger partial charge in [0.2, 0.25) is 11.0 Å². The molecule has 1 aliphatic rings. The van der Waals surface area contributed by atoms with E-state index in [1.54, 1.807) is 0 Å². The van der Waals surface area contributed by atoms with E-state index in [-0.39, 0.29) is 11.5 Å². The van der Waals surface area contributed by atoms with E-state index in [0.29, 0.717) is 25.3 Å². The quantitative estimate of drug-likeness (QED) is 0.325. The number of carbonyl (C=O) groups excluding carboxylic acids is 2. The van der Waals surface area contributed by atoms with Crippen LogP contribution in [0.3, 0.4) is 0 Å². The zero-order valence-electron chi connectivity index (χ0n) is 17.7. The molecule has 6 nitrogen and oxygen atoms in total. The highest BCUT2D eigenvalue weighted by Gasteiger charge is 2.46. The number of benzene rings is 1. The molecule has 4 N–H and O–H groups in total. The van der Waals surface area contributed by atoms with Crippen LogP contribution < -0.4 is 11.1 Å². The lowest BCUT2D eigenvalue weighted by atomic mass is 9.83. The van der Waals surface area contributed by atoms with Crippen LogP contribution in [0.4, 0.5) is 0 Å². The second kappa shape index (κ2) is 13.7. The van der Waals surface area contributed by atoms with E-state index in [9.17, 15) is 14.7 Å². The number of thioether (sulfide) groups is 1. The Morgan fingerprint density at radius 3 is 2.65 bits per heavy atom. The predicted octanol–water partition coefficient (Wildman–Crippen LogP) is 2.71. The van der Waals surface area contributed by atoms with Crippen molar-refractivity contribution in [3.63, 3.8) is 0 Å². The summed E-state index contributed by atoms with van der Waals surface area (Å²) >= 11 is 14.1. The fourth-order valence-corrected chi connectivity index (χ4v) is 5.17. The Labute approximate surface area is 198 Å². The minimum absolute atomic E-state index is 0.115.